The Kier molecular flexibility index (Phi) is 20.9. The Bertz CT molecular complexity index is 3410. The van der Waals surface area contributed by atoms with Crippen molar-refractivity contribution in [1.29, 1.82) is 0 Å². The average Bonchev–Trinajstić information content (AvgIpc) is 4.41. The fourth-order valence-corrected chi connectivity index (χ4v) is 10.5. The van der Waals surface area contributed by atoms with E-state index in [4.69, 9.17) is 0 Å². The summed E-state index contributed by atoms with van der Waals surface area (Å²) in [4.78, 5) is 14.0. The van der Waals surface area contributed by atoms with E-state index >= 15 is 0 Å². The van der Waals surface area contributed by atoms with Gasteiger partial charge in [-0.15, -0.1) is 108 Å². The number of hydrogen-bond donors (Lipinski definition) is 0. The third-order valence-electron chi connectivity index (χ3n) is 14.5. The molecule has 0 saturated carbocycles. The molecule has 7 heteroatoms. The molecule has 0 fully saturated rings. The molecule has 0 saturated heterocycles. The quantitative estimate of drug-likeness (QED) is 0.0805. The van der Waals surface area contributed by atoms with Crippen LogP contribution in [0.3, 0.4) is 0 Å². The summed E-state index contributed by atoms with van der Waals surface area (Å²) in [5.41, 5.74) is 18.1. The van der Waals surface area contributed by atoms with Crippen molar-refractivity contribution in [1.82, 2.24) is 28.7 Å². The molecule has 0 amide bonds. The molecule has 6 nitrogen and oxygen atoms in total. The molecule has 3 aromatic heterocycles. The standard InChI is InChI=1S/3C25H23N2.Ir/c3*1-2-3-11-21-16-10-17-23(20-12-6-4-7-13-20)24(21)27-19-18-26-25(27)22-14-8-5-9-15-22;/h3*4-10,12-14,16-19H,2-3,11H2,1H3;/q3*-1;+3. The molecule has 12 rings (SSSR count). The van der Waals surface area contributed by atoms with Crippen molar-refractivity contribution in [2.24, 2.45) is 0 Å². The fraction of sp³-hybridized carbons (Fsp3) is 0.160. The molecule has 0 aliphatic carbocycles. The summed E-state index contributed by atoms with van der Waals surface area (Å²) in [7, 11) is 0. The maximum absolute atomic E-state index is 4.65. The van der Waals surface area contributed by atoms with Gasteiger partial charge < -0.3 is 13.7 Å². The summed E-state index contributed by atoms with van der Waals surface area (Å²) in [6, 6.07) is 85.7. The maximum atomic E-state index is 4.65. The van der Waals surface area contributed by atoms with E-state index in [0.717, 1.165) is 53.4 Å². The second-order valence-electron chi connectivity index (χ2n) is 20.0. The molecule has 82 heavy (non-hydrogen) atoms. The molecule has 0 aliphatic heterocycles. The van der Waals surface area contributed by atoms with Crippen LogP contribution in [0.25, 0.3) is 84.6 Å². The van der Waals surface area contributed by atoms with Crippen LogP contribution in [0.4, 0.5) is 0 Å². The van der Waals surface area contributed by atoms with Gasteiger partial charge in [0.25, 0.3) is 0 Å². The first-order chi connectivity index (χ1) is 40.1. The van der Waals surface area contributed by atoms with Crippen LogP contribution >= 0.6 is 0 Å². The molecule has 0 radical (unpaired) electrons. The third-order valence-corrected chi connectivity index (χ3v) is 14.5. The van der Waals surface area contributed by atoms with E-state index in [1.165, 1.54) is 106 Å². The van der Waals surface area contributed by atoms with Gasteiger partial charge >= 0.3 is 20.1 Å². The van der Waals surface area contributed by atoms with Gasteiger partial charge in [0.1, 0.15) is 0 Å². The minimum Gasteiger partial charge on any atom is -0.339 e. The molecular weight excluding hydrogens is 1180 g/mol. The van der Waals surface area contributed by atoms with E-state index in [0.29, 0.717) is 0 Å². The van der Waals surface area contributed by atoms with E-state index in [9.17, 15) is 0 Å². The van der Waals surface area contributed by atoms with Crippen LogP contribution < -0.4 is 0 Å². The van der Waals surface area contributed by atoms with Crippen molar-refractivity contribution in [2.75, 3.05) is 0 Å². The number of rotatable bonds is 18. The summed E-state index contributed by atoms with van der Waals surface area (Å²) in [6.45, 7) is 6.72. The van der Waals surface area contributed by atoms with Crippen LogP contribution in [0.1, 0.15) is 76.0 Å². The number of unbranched alkanes of at least 4 members (excludes halogenated alkanes) is 3. The number of nitrogens with zero attached hydrogens (tertiary/aromatic N) is 6. The number of aromatic nitrogens is 6. The molecule has 12 aromatic rings. The average molecular weight is 1250 g/mol. The molecule has 3 heterocycles. The number of aryl methyl sites for hydroxylation is 3. The van der Waals surface area contributed by atoms with Crippen LogP contribution in [0.15, 0.2) is 256 Å². The van der Waals surface area contributed by atoms with Gasteiger partial charge in [0, 0.05) is 70.9 Å². The Morgan fingerprint density at radius 1 is 0.317 bits per heavy atom. The number of hydrogen-bond acceptors (Lipinski definition) is 3. The van der Waals surface area contributed by atoms with Crippen molar-refractivity contribution in [3.05, 3.63) is 290 Å². The maximum Gasteiger partial charge on any atom is 3.00 e. The predicted octanol–water partition coefficient (Wildman–Crippen LogP) is 19.0. The smallest absolute Gasteiger partial charge is 0.339 e. The Morgan fingerprint density at radius 3 is 0.854 bits per heavy atom. The second kappa shape index (κ2) is 29.6. The van der Waals surface area contributed by atoms with Gasteiger partial charge in [-0.25, -0.2) is 0 Å². The molecule has 408 valence electrons. The topological polar surface area (TPSA) is 53.5 Å². The summed E-state index contributed by atoms with van der Waals surface area (Å²) < 4.78 is 6.66. The molecular formula is C75H69IrN6. The van der Waals surface area contributed by atoms with Gasteiger partial charge in [-0.1, -0.05) is 186 Å². The van der Waals surface area contributed by atoms with Crippen molar-refractivity contribution in [3.63, 3.8) is 0 Å². The van der Waals surface area contributed by atoms with Crippen LogP contribution in [0.2, 0.25) is 0 Å². The molecule has 9 aromatic carbocycles. The Morgan fingerprint density at radius 2 is 0.598 bits per heavy atom. The second-order valence-corrected chi connectivity index (χ2v) is 20.0. The molecule has 0 atom stereocenters. The summed E-state index contributed by atoms with van der Waals surface area (Å²) in [5, 5.41) is 0. The first-order valence-corrected chi connectivity index (χ1v) is 28.7. The van der Waals surface area contributed by atoms with Gasteiger partial charge in [0.05, 0.1) is 17.5 Å². The van der Waals surface area contributed by atoms with Gasteiger partial charge in [-0.2, -0.15) is 0 Å². The van der Waals surface area contributed by atoms with Gasteiger partial charge in [0.2, 0.25) is 0 Å². The van der Waals surface area contributed by atoms with Crippen molar-refractivity contribution < 1.29 is 20.1 Å². The van der Waals surface area contributed by atoms with Crippen molar-refractivity contribution in [2.45, 2.75) is 78.6 Å². The first-order valence-electron chi connectivity index (χ1n) is 28.7. The van der Waals surface area contributed by atoms with Crippen molar-refractivity contribution in [3.8, 4) is 84.6 Å². The minimum absolute atomic E-state index is 0. The molecule has 0 N–H and O–H groups in total. The monoisotopic (exact) mass is 1250 g/mol. The first kappa shape index (κ1) is 57.9. The van der Waals surface area contributed by atoms with Gasteiger partial charge in [0.15, 0.2) is 0 Å². The SMILES string of the molecule is CCCCc1cccc(-c2ccccc2)c1-n1ccnc1-c1[c-]cccc1.CCCCc1cccc(-c2ccccc2)c1-n1ccnc1-c1[c-]cccc1.CCCCc1cccc(-c2ccccc2)c1-n1ccnc1-c1[c-]cccc1.[Ir+3]. The van der Waals surface area contributed by atoms with Gasteiger partial charge in [-0.3, -0.25) is 15.0 Å². The molecule has 0 aliphatic rings. The fourth-order valence-electron chi connectivity index (χ4n) is 10.5. The van der Waals surface area contributed by atoms with Crippen LogP contribution in [0, 0.1) is 18.2 Å². The minimum atomic E-state index is 0. The number of imidazole rings is 3. The Labute approximate surface area is 499 Å². The van der Waals surface area contributed by atoms with E-state index in [1.807, 2.05) is 73.2 Å². The Hall–Kier alpha value is -8.74. The zero-order chi connectivity index (χ0) is 55.4. The van der Waals surface area contributed by atoms with Crippen LogP contribution in [0.5, 0.6) is 0 Å². The van der Waals surface area contributed by atoms with E-state index in [-0.39, 0.29) is 20.1 Å². The van der Waals surface area contributed by atoms with Crippen LogP contribution in [-0.4, -0.2) is 28.7 Å². The third kappa shape index (κ3) is 13.9. The molecule has 0 bridgehead atoms. The zero-order valence-electron chi connectivity index (χ0n) is 47.1. The van der Waals surface area contributed by atoms with E-state index in [1.54, 1.807) is 0 Å². The predicted molar refractivity (Wildman–Crippen MR) is 336 cm³/mol. The summed E-state index contributed by atoms with van der Waals surface area (Å²) >= 11 is 0. The number of para-hydroxylation sites is 3. The van der Waals surface area contributed by atoms with E-state index in [2.05, 4.69) is 250 Å². The normalized spacial score (nSPS) is 10.7. The van der Waals surface area contributed by atoms with Crippen molar-refractivity contribution >= 4 is 0 Å². The summed E-state index contributed by atoms with van der Waals surface area (Å²) in [6.07, 6.45) is 22.0. The van der Waals surface area contributed by atoms with E-state index < -0.39 is 0 Å². The van der Waals surface area contributed by atoms with Gasteiger partial charge in [-0.05, 0) is 71.9 Å². The van der Waals surface area contributed by atoms with Crippen LogP contribution in [-0.2, 0) is 39.4 Å². The Balaban J connectivity index is 0.000000147. The zero-order valence-corrected chi connectivity index (χ0v) is 49.5. The summed E-state index contributed by atoms with van der Waals surface area (Å²) in [5.74, 6) is 2.78. The largest absolute Gasteiger partial charge is 3.00 e. The molecule has 0 spiro atoms. The molecule has 0 unspecified atom stereocenters. The number of benzene rings is 9.